The van der Waals surface area contributed by atoms with Gasteiger partial charge in [-0.1, -0.05) is 25.2 Å². The van der Waals surface area contributed by atoms with Gasteiger partial charge >= 0.3 is 10.2 Å². The van der Waals surface area contributed by atoms with Crippen LogP contribution in [-0.4, -0.2) is 36.9 Å². The molecule has 1 unspecified atom stereocenters. The Labute approximate surface area is 131 Å². The van der Waals surface area contributed by atoms with Crippen molar-refractivity contribution in [2.24, 2.45) is 5.41 Å². The van der Waals surface area contributed by atoms with Gasteiger partial charge in [-0.25, -0.2) is 4.98 Å². The lowest BCUT2D eigenvalue weighted by Gasteiger charge is -2.26. The summed E-state index contributed by atoms with van der Waals surface area (Å²) >= 11 is 1.09. The van der Waals surface area contributed by atoms with Crippen molar-refractivity contribution in [3.05, 3.63) is 10.6 Å². The van der Waals surface area contributed by atoms with Crippen molar-refractivity contribution in [1.82, 2.24) is 4.98 Å². The molecule has 0 radical (unpaired) electrons. The molecular formula is C13H15FN2O4S2. The van der Waals surface area contributed by atoms with Crippen molar-refractivity contribution in [3.8, 4) is 0 Å². The zero-order valence-electron chi connectivity index (χ0n) is 12.1. The highest BCUT2D eigenvalue weighted by molar-refractivity contribution is 7.87. The number of nitrogens with zero attached hydrogens (tertiary/aromatic N) is 2. The molecule has 0 saturated carbocycles. The lowest BCUT2D eigenvalue weighted by Crippen LogP contribution is -2.27. The molecule has 6 nitrogen and oxygen atoms in total. The molecule has 1 aromatic heterocycles. The summed E-state index contributed by atoms with van der Waals surface area (Å²) in [6, 6.07) is 0. The number of carbonyl (C=O) groups is 2. The second-order valence-corrected chi connectivity index (χ2v) is 9.11. The quantitative estimate of drug-likeness (QED) is 0.761. The van der Waals surface area contributed by atoms with Crippen LogP contribution in [0.3, 0.4) is 0 Å². The third kappa shape index (κ3) is 2.67. The van der Waals surface area contributed by atoms with Gasteiger partial charge in [0.1, 0.15) is 5.25 Å². The number of amides is 1. The Balaban J connectivity index is 1.92. The number of rotatable bonds is 2. The SMILES string of the molecule is CC1(C)CC(=O)c2sc(N3CC(S(=O)(=O)F)CC3=O)nc2C1. The van der Waals surface area contributed by atoms with Crippen LogP contribution in [0, 0.1) is 5.41 Å². The molecule has 0 N–H and O–H groups in total. The number of fused-ring (bicyclic) bond motifs is 1. The van der Waals surface area contributed by atoms with Crippen LogP contribution >= 0.6 is 11.3 Å². The van der Waals surface area contributed by atoms with Gasteiger partial charge in [-0.15, -0.1) is 3.89 Å². The van der Waals surface area contributed by atoms with E-state index in [1.54, 1.807) is 0 Å². The van der Waals surface area contributed by atoms with Crippen molar-refractivity contribution in [2.45, 2.75) is 38.4 Å². The first-order valence-corrected chi connectivity index (χ1v) is 9.10. The first kappa shape index (κ1) is 15.5. The molecule has 2 heterocycles. The van der Waals surface area contributed by atoms with Gasteiger partial charge < -0.3 is 0 Å². The minimum Gasteiger partial charge on any atom is -0.293 e. The van der Waals surface area contributed by atoms with E-state index in [9.17, 15) is 21.9 Å². The van der Waals surface area contributed by atoms with Crippen molar-refractivity contribution in [3.63, 3.8) is 0 Å². The lowest BCUT2D eigenvalue weighted by molar-refractivity contribution is -0.117. The summed E-state index contributed by atoms with van der Waals surface area (Å²) in [5.41, 5.74) is 0.454. The minimum atomic E-state index is -4.76. The summed E-state index contributed by atoms with van der Waals surface area (Å²) in [5, 5.41) is -1.07. The summed E-state index contributed by atoms with van der Waals surface area (Å²) in [7, 11) is -4.76. The maximum Gasteiger partial charge on any atom is 0.307 e. The van der Waals surface area contributed by atoms with Crippen molar-refractivity contribution >= 4 is 38.4 Å². The normalized spacial score (nSPS) is 24.7. The predicted octanol–water partition coefficient (Wildman–Crippen LogP) is 1.70. The summed E-state index contributed by atoms with van der Waals surface area (Å²) < 4.78 is 35.0. The van der Waals surface area contributed by atoms with Crippen LogP contribution in [0.25, 0.3) is 0 Å². The van der Waals surface area contributed by atoms with Gasteiger partial charge in [0.05, 0.1) is 10.6 Å². The zero-order valence-corrected chi connectivity index (χ0v) is 13.8. The maximum absolute atomic E-state index is 13.1. The molecule has 1 atom stereocenters. The van der Waals surface area contributed by atoms with Crippen LogP contribution in [0.4, 0.5) is 9.02 Å². The molecule has 1 fully saturated rings. The minimum absolute atomic E-state index is 0.0173. The molecule has 0 aromatic carbocycles. The molecule has 120 valence electrons. The highest BCUT2D eigenvalue weighted by Gasteiger charge is 2.42. The van der Waals surface area contributed by atoms with E-state index in [2.05, 4.69) is 4.98 Å². The van der Waals surface area contributed by atoms with Gasteiger partial charge in [0, 0.05) is 19.4 Å². The van der Waals surface area contributed by atoms with Crippen LogP contribution in [0.2, 0.25) is 0 Å². The topological polar surface area (TPSA) is 84.4 Å². The Morgan fingerprint density at radius 3 is 2.59 bits per heavy atom. The number of ketones is 1. The second-order valence-electron chi connectivity index (χ2n) is 6.52. The van der Waals surface area contributed by atoms with E-state index in [0.29, 0.717) is 23.4 Å². The molecule has 1 saturated heterocycles. The van der Waals surface area contributed by atoms with Gasteiger partial charge in [0.25, 0.3) is 0 Å². The van der Waals surface area contributed by atoms with Crippen LogP contribution in [0.1, 0.15) is 42.1 Å². The molecule has 0 spiro atoms. The molecule has 0 bridgehead atoms. The van der Waals surface area contributed by atoms with Crippen molar-refractivity contribution in [1.29, 1.82) is 0 Å². The Kier molecular flexibility index (Phi) is 3.41. The first-order chi connectivity index (χ1) is 10.1. The van der Waals surface area contributed by atoms with E-state index in [1.165, 1.54) is 4.90 Å². The van der Waals surface area contributed by atoms with Crippen molar-refractivity contribution < 1.29 is 21.9 Å². The van der Waals surface area contributed by atoms with E-state index >= 15 is 0 Å². The molecular weight excluding hydrogens is 331 g/mol. The molecule has 1 aliphatic carbocycles. The largest absolute Gasteiger partial charge is 0.307 e. The van der Waals surface area contributed by atoms with Crippen LogP contribution in [0.5, 0.6) is 0 Å². The third-order valence-corrected chi connectivity index (χ3v) is 6.22. The Morgan fingerprint density at radius 2 is 2.00 bits per heavy atom. The first-order valence-electron chi connectivity index (χ1n) is 6.83. The number of Topliss-reactive ketones (excluding diaryl/α,β-unsaturated/α-hetero) is 1. The Bertz CT molecular complexity index is 769. The molecule has 1 aromatic rings. The third-order valence-electron chi connectivity index (χ3n) is 3.94. The molecule has 1 aliphatic heterocycles. The lowest BCUT2D eigenvalue weighted by atomic mass is 9.78. The monoisotopic (exact) mass is 346 g/mol. The number of hydrogen-bond acceptors (Lipinski definition) is 6. The Hall–Kier alpha value is -1.35. The predicted molar refractivity (Wildman–Crippen MR) is 79.3 cm³/mol. The van der Waals surface area contributed by atoms with E-state index in [-0.39, 0.29) is 29.3 Å². The molecule has 3 rings (SSSR count). The Morgan fingerprint density at radius 1 is 1.32 bits per heavy atom. The molecule has 9 heteroatoms. The highest BCUT2D eigenvalue weighted by Crippen LogP contribution is 2.40. The average molecular weight is 346 g/mol. The molecule has 1 amide bonds. The van der Waals surface area contributed by atoms with E-state index < -0.39 is 21.4 Å². The highest BCUT2D eigenvalue weighted by atomic mass is 32.3. The standard InChI is InChI=1S/C13H15FN2O4S2/c1-13(2)4-8-11(9(17)5-13)21-12(15-8)16-6-7(3-10(16)18)22(14,19)20/h7H,3-6H2,1-2H3. The number of aromatic nitrogens is 1. The average Bonchev–Trinajstić information content (AvgIpc) is 2.90. The summed E-state index contributed by atoms with van der Waals surface area (Å²) in [6.45, 7) is 3.70. The molecule has 2 aliphatic rings. The maximum atomic E-state index is 13.1. The second kappa shape index (κ2) is 4.82. The summed E-state index contributed by atoms with van der Waals surface area (Å²) in [5.74, 6) is -0.500. The fourth-order valence-electron chi connectivity index (χ4n) is 2.87. The van der Waals surface area contributed by atoms with E-state index in [4.69, 9.17) is 0 Å². The fourth-order valence-corrected chi connectivity index (χ4v) is 4.59. The summed E-state index contributed by atoms with van der Waals surface area (Å²) in [4.78, 5) is 30.1. The number of carbonyl (C=O) groups excluding carboxylic acids is 2. The zero-order chi connectivity index (χ0) is 16.3. The summed E-state index contributed by atoms with van der Waals surface area (Å²) in [6.07, 6.45) is 0.650. The van der Waals surface area contributed by atoms with Crippen molar-refractivity contribution in [2.75, 3.05) is 11.4 Å². The van der Waals surface area contributed by atoms with Gasteiger partial charge in [0.15, 0.2) is 10.9 Å². The van der Waals surface area contributed by atoms with Crippen LogP contribution in [-0.2, 0) is 21.4 Å². The number of thiazole rings is 1. The number of hydrogen-bond donors (Lipinski definition) is 0. The molecule has 22 heavy (non-hydrogen) atoms. The van der Waals surface area contributed by atoms with Crippen LogP contribution in [0.15, 0.2) is 0 Å². The van der Waals surface area contributed by atoms with Gasteiger partial charge in [-0.05, 0) is 11.8 Å². The number of halogens is 1. The fraction of sp³-hybridized carbons (Fsp3) is 0.615. The van der Waals surface area contributed by atoms with E-state index in [1.807, 2.05) is 13.8 Å². The number of anilines is 1. The van der Waals surface area contributed by atoms with E-state index in [0.717, 1.165) is 11.3 Å². The van der Waals surface area contributed by atoms with Gasteiger partial charge in [-0.3, -0.25) is 14.5 Å². The van der Waals surface area contributed by atoms with Gasteiger partial charge in [0.2, 0.25) is 5.91 Å². The van der Waals surface area contributed by atoms with Crippen LogP contribution < -0.4 is 4.90 Å². The van der Waals surface area contributed by atoms with Gasteiger partial charge in [-0.2, -0.15) is 8.42 Å². The smallest absolute Gasteiger partial charge is 0.293 e.